The van der Waals surface area contributed by atoms with Gasteiger partial charge in [-0.1, -0.05) is 13.0 Å². The van der Waals surface area contributed by atoms with Gasteiger partial charge in [0.15, 0.2) is 11.6 Å². The van der Waals surface area contributed by atoms with Gasteiger partial charge in [0.25, 0.3) is 0 Å². The molecule has 0 aliphatic carbocycles. The Bertz CT molecular complexity index is 397. The smallest absolute Gasteiger partial charge is 0.165 e. The first-order chi connectivity index (χ1) is 8.72. The van der Waals surface area contributed by atoms with E-state index in [1.807, 2.05) is 6.07 Å². The van der Waals surface area contributed by atoms with Crippen LogP contribution in [0.5, 0.6) is 5.75 Å². The first-order valence-electron chi connectivity index (χ1n) is 6.51. The summed E-state index contributed by atoms with van der Waals surface area (Å²) in [6.07, 6.45) is 1.13. The second-order valence-corrected chi connectivity index (χ2v) is 4.76. The van der Waals surface area contributed by atoms with E-state index < -0.39 is 0 Å². The first-order valence-corrected chi connectivity index (χ1v) is 6.51. The van der Waals surface area contributed by atoms with Crippen LogP contribution in [0.3, 0.4) is 0 Å². The topological polar surface area (TPSA) is 24.5 Å². The fourth-order valence-electron chi connectivity index (χ4n) is 2.38. The van der Waals surface area contributed by atoms with Gasteiger partial charge in [-0.3, -0.25) is 4.90 Å². The Morgan fingerprint density at radius 1 is 1.50 bits per heavy atom. The molecule has 0 spiro atoms. The van der Waals surface area contributed by atoms with Crippen LogP contribution < -0.4 is 10.1 Å². The molecule has 3 nitrogen and oxygen atoms in total. The van der Waals surface area contributed by atoms with Crippen LogP contribution in [0.15, 0.2) is 18.2 Å². The van der Waals surface area contributed by atoms with Gasteiger partial charge in [0.1, 0.15) is 0 Å². The van der Waals surface area contributed by atoms with Crippen LogP contribution >= 0.6 is 0 Å². The van der Waals surface area contributed by atoms with Crippen molar-refractivity contribution >= 4 is 0 Å². The molecule has 0 radical (unpaired) electrons. The van der Waals surface area contributed by atoms with Crippen molar-refractivity contribution in [1.82, 2.24) is 10.2 Å². The predicted molar refractivity (Wildman–Crippen MR) is 70.3 cm³/mol. The van der Waals surface area contributed by atoms with E-state index in [4.69, 9.17) is 4.74 Å². The molecule has 18 heavy (non-hydrogen) atoms. The summed E-state index contributed by atoms with van der Waals surface area (Å²) in [6, 6.07) is 5.76. The van der Waals surface area contributed by atoms with Crippen molar-refractivity contribution in [3.63, 3.8) is 0 Å². The Kier molecular flexibility index (Phi) is 4.55. The highest BCUT2D eigenvalue weighted by Gasteiger charge is 2.18. The lowest BCUT2D eigenvalue weighted by Gasteiger charge is -2.33. The number of halogens is 1. The molecular formula is C14H21FN2O. The van der Waals surface area contributed by atoms with E-state index in [0.29, 0.717) is 11.8 Å². The summed E-state index contributed by atoms with van der Waals surface area (Å²) >= 11 is 0. The van der Waals surface area contributed by atoms with Crippen LogP contribution in [0, 0.1) is 5.82 Å². The fraction of sp³-hybridized carbons (Fsp3) is 0.571. The molecule has 4 heteroatoms. The number of rotatable bonds is 4. The number of nitrogens with zero attached hydrogens (tertiary/aromatic N) is 1. The Hall–Kier alpha value is -1.13. The minimum Gasteiger partial charge on any atom is -0.494 e. The number of benzene rings is 1. The maximum absolute atomic E-state index is 13.6. The van der Waals surface area contributed by atoms with Gasteiger partial charge in [-0.15, -0.1) is 0 Å². The Morgan fingerprint density at radius 3 is 3.00 bits per heavy atom. The highest BCUT2D eigenvalue weighted by Crippen LogP contribution is 2.19. The summed E-state index contributed by atoms with van der Waals surface area (Å²) in [4.78, 5) is 2.37. The summed E-state index contributed by atoms with van der Waals surface area (Å²) in [5.41, 5.74) is 1.00. The standard InChI is InChI=1S/C14H21FN2O/c1-3-12-10-17(7-6-16-12)9-11-4-5-14(18-2)13(15)8-11/h4-5,8,12,16H,3,6-7,9-10H2,1-2H3. The average molecular weight is 252 g/mol. The van der Waals surface area contributed by atoms with Crippen LogP contribution in [0.4, 0.5) is 4.39 Å². The average Bonchev–Trinajstić information content (AvgIpc) is 2.39. The quantitative estimate of drug-likeness (QED) is 0.887. The van der Waals surface area contributed by atoms with Gasteiger partial charge in [0.2, 0.25) is 0 Å². The highest BCUT2D eigenvalue weighted by molar-refractivity contribution is 5.29. The molecule has 2 rings (SSSR count). The molecule has 1 fully saturated rings. The molecule has 1 N–H and O–H groups in total. The maximum atomic E-state index is 13.6. The molecule has 0 bridgehead atoms. The Balaban J connectivity index is 1.98. The number of piperazine rings is 1. The van der Waals surface area contributed by atoms with Gasteiger partial charge in [0, 0.05) is 32.2 Å². The fourth-order valence-corrected chi connectivity index (χ4v) is 2.38. The van der Waals surface area contributed by atoms with E-state index >= 15 is 0 Å². The molecule has 1 saturated heterocycles. The van der Waals surface area contributed by atoms with Crippen molar-refractivity contribution < 1.29 is 9.13 Å². The van der Waals surface area contributed by atoms with E-state index in [1.165, 1.54) is 7.11 Å². The third-order valence-electron chi connectivity index (χ3n) is 3.45. The molecule has 1 heterocycles. The lowest BCUT2D eigenvalue weighted by molar-refractivity contribution is 0.189. The van der Waals surface area contributed by atoms with Gasteiger partial charge >= 0.3 is 0 Å². The molecule has 1 atom stereocenters. The molecule has 100 valence electrons. The van der Waals surface area contributed by atoms with Crippen LogP contribution in [0.2, 0.25) is 0 Å². The van der Waals surface area contributed by atoms with Gasteiger partial charge in [-0.2, -0.15) is 0 Å². The lowest BCUT2D eigenvalue weighted by Crippen LogP contribution is -2.49. The Labute approximate surface area is 108 Å². The summed E-state index contributed by atoms with van der Waals surface area (Å²) in [5.74, 6) is 0.0303. The molecular weight excluding hydrogens is 231 g/mol. The van der Waals surface area contributed by atoms with Gasteiger partial charge in [-0.25, -0.2) is 4.39 Å². The second-order valence-electron chi connectivity index (χ2n) is 4.76. The summed E-state index contributed by atoms with van der Waals surface area (Å²) in [7, 11) is 1.49. The molecule has 0 aromatic heterocycles. The molecule has 1 aliphatic rings. The minimum atomic E-state index is -0.280. The molecule has 1 aromatic carbocycles. The number of hydrogen-bond donors (Lipinski definition) is 1. The van der Waals surface area contributed by atoms with Crippen molar-refractivity contribution in [3.05, 3.63) is 29.6 Å². The van der Waals surface area contributed by atoms with E-state index in [1.54, 1.807) is 12.1 Å². The van der Waals surface area contributed by atoms with Crippen LogP contribution in [-0.2, 0) is 6.54 Å². The summed E-state index contributed by atoms with van der Waals surface area (Å²) in [5, 5.41) is 3.48. The number of nitrogens with one attached hydrogen (secondary N) is 1. The van der Waals surface area contributed by atoms with Crippen molar-refractivity contribution in [1.29, 1.82) is 0 Å². The van der Waals surface area contributed by atoms with E-state index in [-0.39, 0.29) is 5.82 Å². The largest absolute Gasteiger partial charge is 0.494 e. The number of ether oxygens (including phenoxy) is 1. The van der Waals surface area contributed by atoms with Crippen LogP contribution in [0.25, 0.3) is 0 Å². The number of hydrogen-bond acceptors (Lipinski definition) is 3. The molecule has 0 amide bonds. The SMILES string of the molecule is CCC1CN(Cc2ccc(OC)c(F)c2)CCN1. The summed E-state index contributed by atoms with van der Waals surface area (Å²) in [6.45, 7) is 6.05. The summed E-state index contributed by atoms with van der Waals surface area (Å²) < 4.78 is 18.5. The van der Waals surface area contributed by atoms with Gasteiger partial charge < -0.3 is 10.1 Å². The lowest BCUT2D eigenvalue weighted by atomic mass is 10.1. The maximum Gasteiger partial charge on any atom is 0.165 e. The predicted octanol–water partition coefficient (Wildman–Crippen LogP) is 2.02. The van der Waals surface area contributed by atoms with Gasteiger partial charge in [0.05, 0.1) is 7.11 Å². The van der Waals surface area contributed by atoms with E-state index in [0.717, 1.165) is 38.2 Å². The van der Waals surface area contributed by atoms with E-state index in [2.05, 4.69) is 17.1 Å². The zero-order valence-electron chi connectivity index (χ0n) is 11.1. The van der Waals surface area contributed by atoms with Crippen molar-refractivity contribution in [2.45, 2.75) is 25.9 Å². The normalized spacial score (nSPS) is 20.9. The number of methoxy groups -OCH3 is 1. The monoisotopic (exact) mass is 252 g/mol. The zero-order chi connectivity index (χ0) is 13.0. The zero-order valence-corrected chi connectivity index (χ0v) is 11.1. The molecule has 1 unspecified atom stereocenters. The van der Waals surface area contributed by atoms with Crippen LogP contribution in [-0.4, -0.2) is 37.7 Å². The van der Waals surface area contributed by atoms with Crippen molar-refractivity contribution in [2.75, 3.05) is 26.7 Å². The Morgan fingerprint density at radius 2 is 2.33 bits per heavy atom. The third kappa shape index (κ3) is 3.21. The highest BCUT2D eigenvalue weighted by atomic mass is 19.1. The third-order valence-corrected chi connectivity index (χ3v) is 3.45. The van der Waals surface area contributed by atoms with Crippen molar-refractivity contribution in [3.8, 4) is 5.75 Å². The first kappa shape index (κ1) is 13.3. The molecule has 1 aliphatic heterocycles. The van der Waals surface area contributed by atoms with Gasteiger partial charge in [-0.05, 0) is 24.1 Å². The van der Waals surface area contributed by atoms with Crippen LogP contribution in [0.1, 0.15) is 18.9 Å². The van der Waals surface area contributed by atoms with E-state index in [9.17, 15) is 4.39 Å². The second kappa shape index (κ2) is 6.16. The molecule has 1 aromatic rings. The van der Waals surface area contributed by atoms with Crippen molar-refractivity contribution in [2.24, 2.45) is 0 Å². The molecule has 0 saturated carbocycles. The minimum absolute atomic E-state index is 0.280.